The molecule has 0 saturated carbocycles. The Kier molecular flexibility index (Phi) is 4.94. The number of anilines is 1. The Balaban J connectivity index is 1.86. The van der Waals surface area contributed by atoms with Crippen LogP contribution in [-0.2, 0) is 17.8 Å². The lowest BCUT2D eigenvalue weighted by Gasteiger charge is -2.26. The predicted molar refractivity (Wildman–Crippen MR) is 93.2 cm³/mol. The van der Waals surface area contributed by atoms with Gasteiger partial charge in [-0.15, -0.1) is 0 Å². The van der Waals surface area contributed by atoms with Gasteiger partial charge in [-0.25, -0.2) is 4.79 Å². The van der Waals surface area contributed by atoms with Crippen molar-refractivity contribution in [2.75, 3.05) is 4.90 Å². The number of nitrogens with zero attached hydrogens (tertiary/aromatic N) is 1. The molecule has 1 heterocycles. The Hall–Kier alpha value is -2.50. The lowest BCUT2D eigenvalue weighted by Crippen LogP contribution is -2.40. The third kappa shape index (κ3) is 4.00. The molecular formula is C20H20F3NO2. The molecule has 1 amide bonds. The van der Waals surface area contributed by atoms with Crippen LogP contribution in [0, 0.1) is 13.8 Å². The van der Waals surface area contributed by atoms with Gasteiger partial charge >= 0.3 is 12.3 Å². The molecule has 0 aromatic heterocycles. The summed E-state index contributed by atoms with van der Waals surface area (Å²) in [6, 6.07) is 11.8. The molecule has 1 unspecified atom stereocenters. The number of halogens is 3. The fourth-order valence-electron chi connectivity index (χ4n) is 3.45. The summed E-state index contributed by atoms with van der Waals surface area (Å²) in [4.78, 5) is 13.8. The zero-order valence-corrected chi connectivity index (χ0v) is 14.6. The molecule has 0 N–H and O–H groups in total. The summed E-state index contributed by atoms with van der Waals surface area (Å²) in [6.45, 7) is 3.74. The van der Waals surface area contributed by atoms with Crippen LogP contribution >= 0.6 is 0 Å². The number of ether oxygens (including phenoxy) is 1. The second-order valence-corrected chi connectivity index (χ2v) is 6.67. The predicted octanol–water partition coefficient (Wildman–Crippen LogP) is 5.32. The highest BCUT2D eigenvalue weighted by Crippen LogP contribution is 2.40. The summed E-state index contributed by atoms with van der Waals surface area (Å²) >= 11 is 0. The first kappa shape index (κ1) is 18.3. The number of alkyl halides is 3. The van der Waals surface area contributed by atoms with Crippen LogP contribution in [0.3, 0.4) is 0 Å². The highest BCUT2D eigenvalue weighted by atomic mass is 19.4. The topological polar surface area (TPSA) is 29.5 Å². The van der Waals surface area contributed by atoms with E-state index in [1.807, 2.05) is 38.1 Å². The molecule has 0 aliphatic carbocycles. The number of hydrogen-bond donors (Lipinski definition) is 0. The molecule has 138 valence electrons. The standard InChI is InChI=1S/C20H20F3NO2/c1-13-8-14(2)17-10-16(11-20(21,22)23)24(18(17)9-13)19(25)26-12-15-6-4-3-5-7-15/h3-9,16H,10-12H2,1-2H3. The maximum Gasteiger partial charge on any atom is 0.414 e. The smallest absolute Gasteiger partial charge is 0.414 e. The van der Waals surface area contributed by atoms with E-state index in [4.69, 9.17) is 4.74 Å². The van der Waals surface area contributed by atoms with E-state index in [9.17, 15) is 18.0 Å². The van der Waals surface area contributed by atoms with Gasteiger partial charge in [-0.1, -0.05) is 36.4 Å². The van der Waals surface area contributed by atoms with Crippen LogP contribution in [-0.4, -0.2) is 18.3 Å². The van der Waals surface area contributed by atoms with Crippen molar-refractivity contribution < 1.29 is 22.7 Å². The second kappa shape index (κ2) is 7.02. The number of hydrogen-bond acceptors (Lipinski definition) is 2. The molecule has 1 atom stereocenters. The summed E-state index contributed by atoms with van der Waals surface area (Å²) in [7, 11) is 0. The molecule has 1 aliphatic heterocycles. The van der Waals surface area contributed by atoms with Gasteiger partial charge in [0.25, 0.3) is 0 Å². The van der Waals surface area contributed by atoms with Gasteiger partial charge in [0.2, 0.25) is 0 Å². The molecule has 0 fully saturated rings. The Morgan fingerprint density at radius 2 is 1.88 bits per heavy atom. The van der Waals surface area contributed by atoms with Crippen LogP contribution in [0.5, 0.6) is 0 Å². The molecule has 3 rings (SSSR count). The third-order valence-electron chi connectivity index (χ3n) is 4.53. The summed E-state index contributed by atoms with van der Waals surface area (Å²) < 4.78 is 44.4. The van der Waals surface area contributed by atoms with Gasteiger partial charge in [0.1, 0.15) is 6.61 Å². The van der Waals surface area contributed by atoms with E-state index in [0.717, 1.165) is 22.3 Å². The van der Waals surface area contributed by atoms with E-state index >= 15 is 0 Å². The minimum Gasteiger partial charge on any atom is -0.444 e. The van der Waals surface area contributed by atoms with Crippen LogP contribution in [0.2, 0.25) is 0 Å². The summed E-state index contributed by atoms with van der Waals surface area (Å²) in [5.74, 6) is 0. The molecule has 3 nitrogen and oxygen atoms in total. The molecule has 0 bridgehead atoms. The Labute approximate surface area is 150 Å². The number of fused-ring (bicyclic) bond motifs is 1. The molecule has 0 spiro atoms. The Bertz CT molecular complexity index is 803. The zero-order valence-electron chi connectivity index (χ0n) is 14.6. The molecule has 26 heavy (non-hydrogen) atoms. The van der Waals surface area contributed by atoms with E-state index in [2.05, 4.69) is 0 Å². The summed E-state index contributed by atoms with van der Waals surface area (Å²) in [6.07, 6.45) is -5.97. The number of carbonyl (C=O) groups is 1. The number of aryl methyl sites for hydroxylation is 2. The summed E-state index contributed by atoms with van der Waals surface area (Å²) in [5.41, 5.74) is 3.88. The Morgan fingerprint density at radius 1 is 1.19 bits per heavy atom. The van der Waals surface area contributed by atoms with E-state index in [0.29, 0.717) is 5.69 Å². The van der Waals surface area contributed by atoms with Gasteiger partial charge in [0, 0.05) is 0 Å². The van der Waals surface area contributed by atoms with Crippen molar-refractivity contribution in [2.45, 2.75) is 45.5 Å². The summed E-state index contributed by atoms with van der Waals surface area (Å²) in [5, 5.41) is 0. The van der Waals surface area contributed by atoms with Crippen molar-refractivity contribution in [3.8, 4) is 0 Å². The minimum absolute atomic E-state index is 0.0229. The van der Waals surface area contributed by atoms with Crippen molar-refractivity contribution in [3.63, 3.8) is 0 Å². The molecule has 2 aromatic rings. The molecular weight excluding hydrogens is 343 g/mol. The number of amides is 1. The van der Waals surface area contributed by atoms with Crippen molar-refractivity contribution >= 4 is 11.8 Å². The fraction of sp³-hybridized carbons (Fsp3) is 0.350. The van der Waals surface area contributed by atoms with Crippen molar-refractivity contribution in [1.29, 1.82) is 0 Å². The minimum atomic E-state index is -4.35. The van der Waals surface area contributed by atoms with Crippen molar-refractivity contribution in [1.82, 2.24) is 0 Å². The van der Waals surface area contributed by atoms with Gasteiger partial charge in [-0.2, -0.15) is 13.2 Å². The van der Waals surface area contributed by atoms with Crippen LogP contribution < -0.4 is 4.90 Å². The van der Waals surface area contributed by atoms with Gasteiger partial charge in [-0.3, -0.25) is 4.90 Å². The van der Waals surface area contributed by atoms with Gasteiger partial charge < -0.3 is 4.74 Å². The highest BCUT2D eigenvalue weighted by Gasteiger charge is 2.42. The first-order chi connectivity index (χ1) is 12.2. The lowest BCUT2D eigenvalue weighted by molar-refractivity contribution is -0.137. The van der Waals surface area contributed by atoms with Crippen LogP contribution in [0.25, 0.3) is 0 Å². The largest absolute Gasteiger partial charge is 0.444 e. The SMILES string of the molecule is Cc1cc(C)c2c(c1)N(C(=O)OCc1ccccc1)C(CC(F)(F)F)C2. The van der Waals surface area contributed by atoms with Gasteiger partial charge in [0.15, 0.2) is 0 Å². The lowest BCUT2D eigenvalue weighted by atomic mass is 10.0. The normalized spacial score (nSPS) is 16.5. The van der Waals surface area contributed by atoms with Gasteiger partial charge in [-0.05, 0) is 48.6 Å². The van der Waals surface area contributed by atoms with E-state index < -0.39 is 24.7 Å². The van der Waals surface area contributed by atoms with Gasteiger partial charge in [0.05, 0.1) is 18.2 Å². The Morgan fingerprint density at radius 3 is 2.54 bits per heavy atom. The molecule has 2 aromatic carbocycles. The molecule has 6 heteroatoms. The first-order valence-electron chi connectivity index (χ1n) is 8.41. The van der Waals surface area contributed by atoms with Crippen LogP contribution in [0.15, 0.2) is 42.5 Å². The first-order valence-corrected chi connectivity index (χ1v) is 8.41. The van der Waals surface area contributed by atoms with Crippen molar-refractivity contribution in [3.05, 3.63) is 64.7 Å². The average Bonchev–Trinajstić information content (AvgIpc) is 2.90. The highest BCUT2D eigenvalue weighted by molar-refractivity contribution is 5.91. The molecule has 0 radical (unpaired) electrons. The fourth-order valence-corrected chi connectivity index (χ4v) is 3.45. The number of rotatable bonds is 3. The number of carbonyl (C=O) groups excluding carboxylic acids is 1. The van der Waals surface area contributed by atoms with Crippen LogP contribution in [0.4, 0.5) is 23.7 Å². The number of benzene rings is 2. The molecule has 0 saturated heterocycles. The zero-order chi connectivity index (χ0) is 18.9. The van der Waals surface area contributed by atoms with E-state index in [1.54, 1.807) is 18.2 Å². The average molecular weight is 363 g/mol. The second-order valence-electron chi connectivity index (χ2n) is 6.67. The van der Waals surface area contributed by atoms with Crippen LogP contribution in [0.1, 0.15) is 28.7 Å². The van der Waals surface area contributed by atoms with Crippen molar-refractivity contribution in [2.24, 2.45) is 0 Å². The van der Waals surface area contributed by atoms with E-state index in [-0.39, 0.29) is 13.0 Å². The molecule has 1 aliphatic rings. The van der Waals surface area contributed by atoms with E-state index in [1.165, 1.54) is 4.90 Å². The maximum atomic E-state index is 13.0. The monoisotopic (exact) mass is 363 g/mol. The third-order valence-corrected chi connectivity index (χ3v) is 4.53. The maximum absolute atomic E-state index is 13.0. The quantitative estimate of drug-likeness (QED) is 0.738.